The van der Waals surface area contributed by atoms with Crippen LogP contribution < -0.4 is 5.32 Å². The zero-order chi connectivity index (χ0) is 19.2. The molecule has 1 heterocycles. The molecular weight excluding hydrogens is 346 g/mol. The van der Waals surface area contributed by atoms with E-state index < -0.39 is 6.61 Å². The molecule has 140 valence electrons. The van der Waals surface area contributed by atoms with Gasteiger partial charge < -0.3 is 15.2 Å². The highest BCUT2D eigenvalue weighted by Crippen LogP contribution is 2.21. The molecule has 0 aromatic heterocycles. The van der Waals surface area contributed by atoms with E-state index in [1.54, 1.807) is 48.5 Å². The van der Waals surface area contributed by atoms with Gasteiger partial charge in [0, 0.05) is 11.1 Å². The third-order valence-corrected chi connectivity index (χ3v) is 4.58. The molecule has 0 spiro atoms. The van der Waals surface area contributed by atoms with Gasteiger partial charge in [0.15, 0.2) is 18.2 Å². The molecule has 1 atom stereocenters. The normalized spacial score (nSPS) is 16.1. The maximum absolute atomic E-state index is 12.2. The maximum atomic E-state index is 12.2. The predicted octanol–water partition coefficient (Wildman–Crippen LogP) is 2.01. The highest BCUT2D eigenvalue weighted by molar-refractivity contribution is 5.99. The summed E-state index contributed by atoms with van der Waals surface area (Å²) in [6.07, 6.45) is 1.68. The molecule has 0 bridgehead atoms. The molecule has 0 unspecified atom stereocenters. The van der Waals surface area contributed by atoms with E-state index in [9.17, 15) is 14.4 Å². The molecule has 6 heteroatoms. The van der Waals surface area contributed by atoms with E-state index in [1.165, 1.54) is 0 Å². The fourth-order valence-corrected chi connectivity index (χ4v) is 2.99. The SMILES string of the molecule is O=C(CO)c1ccc(-c2ccc(C(=O)COC(=O)[C@@H]3CCCN3)cc2)cc1. The van der Waals surface area contributed by atoms with Crippen LogP contribution in [0.25, 0.3) is 11.1 Å². The number of ether oxygens (including phenoxy) is 1. The molecule has 0 amide bonds. The number of esters is 1. The van der Waals surface area contributed by atoms with Gasteiger partial charge in [-0.2, -0.15) is 0 Å². The molecule has 1 saturated heterocycles. The van der Waals surface area contributed by atoms with Crippen molar-refractivity contribution in [3.05, 3.63) is 59.7 Å². The van der Waals surface area contributed by atoms with Gasteiger partial charge in [0.25, 0.3) is 0 Å². The van der Waals surface area contributed by atoms with Crippen molar-refractivity contribution in [2.75, 3.05) is 19.8 Å². The van der Waals surface area contributed by atoms with Gasteiger partial charge in [0.2, 0.25) is 0 Å². The molecule has 3 rings (SSSR count). The Labute approximate surface area is 157 Å². The van der Waals surface area contributed by atoms with Gasteiger partial charge in [-0.3, -0.25) is 14.4 Å². The lowest BCUT2D eigenvalue weighted by atomic mass is 10.0. The molecule has 0 aliphatic carbocycles. The van der Waals surface area contributed by atoms with E-state index in [2.05, 4.69) is 5.32 Å². The third-order valence-electron chi connectivity index (χ3n) is 4.58. The van der Waals surface area contributed by atoms with Gasteiger partial charge in [-0.05, 0) is 30.5 Å². The van der Waals surface area contributed by atoms with Crippen molar-refractivity contribution >= 4 is 17.5 Å². The van der Waals surface area contributed by atoms with E-state index in [4.69, 9.17) is 9.84 Å². The summed E-state index contributed by atoms with van der Waals surface area (Å²) in [7, 11) is 0. The van der Waals surface area contributed by atoms with Gasteiger partial charge in [-0.15, -0.1) is 0 Å². The zero-order valence-electron chi connectivity index (χ0n) is 14.8. The molecule has 1 aliphatic rings. The summed E-state index contributed by atoms with van der Waals surface area (Å²) in [4.78, 5) is 35.5. The topological polar surface area (TPSA) is 92.7 Å². The van der Waals surface area contributed by atoms with Crippen LogP contribution in [0.4, 0.5) is 0 Å². The van der Waals surface area contributed by atoms with Crippen LogP contribution in [-0.2, 0) is 9.53 Å². The molecule has 0 radical (unpaired) electrons. The molecule has 1 fully saturated rings. The van der Waals surface area contributed by atoms with Crippen molar-refractivity contribution in [3.63, 3.8) is 0 Å². The lowest BCUT2D eigenvalue weighted by molar-refractivity contribution is -0.144. The summed E-state index contributed by atoms with van der Waals surface area (Å²) in [5.41, 5.74) is 2.70. The number of rotatable bonds is 7. The van der Waals surface area contributed by atoms with Crippen molar-refractivity contribution in [2.24, 2.45) is 0 Å². The summed E-state index contributed by atoms with van der Waals surface area (Å²) in [5, 5.41) is 11.9. The van der Waals surface area contributed by atoms with Gasteiger partial charge in [0.05, 0.1) is 0 Å². The quantitative estimate of drug-likeness (QED) is 0.574. The van der Waals surface area contributed by atoms with Gasteiger partial charge in [0.1, 0.15) is 12.6 Å². The van der Waals surface area contributed by atoms with E-state index in [0.717, 1.165) is 30.5 Å². The highest BCUT2D eigenvalue weighted by Gasteiger charge is 2.24. The second kappa shape index (κ2) is 8.70. The first-order valence-electron chi connectivity index (χ1n) is 8.86. The van der Waals surface area contributed by atoms with Crippen molar-refractivity contribution < 1.29 is 24.2 Å². The van der Waals surface area contributed by atoms with Crippen LogP contribution in [0.15, 0.2) is 48.5 Å². The average Bonchev–Trinajstić information content (AvgIpc) is 3.26. The van der Waals surface area contributed by atoms with Crippen LogP contribution >= 0.6 is 0 Å². The summed E-state index contributed by atoms with van der Waals surface area (Å²) in [6, 6.07) is 13.6. The minimum Gasteiger partial charge on any atom is -0.456 e. The summed E-state index contributed by atoms with van der Waals surface area (Å²) in [5.74, 6) is -0.961. The fraction of sp³-hybridized carbons (Fsp3) is 0.286. The summed E-state index contributed by atoms with van der Waals surface area (Å²) in [6.45, 7) is 0.0101. The van der Waals surface area contributed by atoms with Gasteiger partial charge >= 0.3 is 5.97 Å². The van der Waals surface area contributed by atoms with Crippen LogP contribution in [-0.4, -0.2) is 48.4 Å². The number of hydrogen-bond acceptors (Lipinski definition) is 6. The van der Waals surface area contributed by atoms with Crippen LogP contribution in [0.3, 0.4) is 0 Å². The number of ketones is 2. The van der Waals surface area contributed by atoms with Gasteiger partial charge in [-0.1, -0.05) is 48.5 Å². The Morgan fingerprint density at radius 2 is 1.48 bits per heavy atom. The predicted molar refractivity (Wildman–Crippen MR) is 99.6 cm³/mol. The number of aliphatic hydroxyl groups is 1. The number of carbonyl (C=O) groups is 3. The Kier molecular flexibility index (Phi) is 6.11. The lowest BCUT2D eigenvalue weighted by Gasteiger charge is -2.10. The summed E-state index contributed by atoms with van der Waals surface area (Å²) >= 11 is 0. The number of Topliss-reactive ketones (excluding diaryl/α,β-unsaturated/α-hetero) is 2. The van der Waals surface area contributed by atoms with E-state index in [1.807, 2.05) is 0 Å². The second-order valence-electron chi connectivity index (χ2n) is 6.42. The first-order valence-corrected chi connectivity index (χ1v) is 8.86. The van der Waals surface area contributed by atoms with Crippen LogP contribution in [0.1, 0.15) is 33.6 Å². The summed E-state index contributed by atoms with van der Waals surface area (Å²) < 4.78 is 5.10. The second-order valence-corrected chi connectivity index (χ2v) is 6.42. The largest absolute Gasteiger partial charge is 0.456 e. The van der Waals surface area contributed by atoms with E-state index in [-0.39, 0.29) is 30.2 Å². The first-order chi connectivity index (χ1) is 13.1. The van der Waals surface area contributed by atoms with Crippen molar-refractivity contribution in [2.45, 2.75) is 18.9 Å². The number of benzene rings is 2. The fourth-order valence-electron chi connectivity index (χ4n) is 2.99. The lowest BCUT2D eigenvalue weighted by Crippen LogP contribution is -2.33. The number of aliphatic hydroxyl groups excluding tert-OH is 1. The van der Waals surface area contributed by atoms with Crippen molar-refractivity contribution in [3.8, 4) is 11.1 Å². The molecule has 1 aliphatic heterocycles. The van der Waals surface area contributed by atoms with Crippen LogP contribution in [0, 0.1) is 0 Å². The molecule has 0 saturated carbocycles. The molecule has 6 nitrogen and oxygen atoms in total. The zero-order valence-corrected chi connectivity index (χ0v) is 14.8. The van der Waals surface area contributed by atoms with Gasteiger partial charge in [-0.25, -0.2) is 0 Å². The standard InChI is InChI=1S/C21H21NO5/c23-12-19(24)16-7-3-14(4-8-16)15-5-9-17(10-6-15)20(25)13-27-21(26)18-2-1-11-22-18/h3-10,18,22-23H,1-2,11-13H2/t18-/m0/s1. The van der Waals surface area contributed by atoms with Crippen molar-refractivity contribution in [1.82, 2.24) is 5.32 Å². The Bertz CT molecular complexity index is 821. The Balaban J connectivity index is 1.60. The minimum absolute atomic E-state index is 0.253. The number of carbonyl (C=O) groups excluding carboxylic acids is 3. The monoisotopic (exact) mass is 367 g/mol. The highest BCUT2D eigenvalue weighted by atomic mass is 16.5. The Morgan fingerprint density at radius 3 is 1.96 bits per heavy atom. The van der Waals surface area contributed by atoms with Crippen molar-refractivity contribution in [1.29, 1.82) is 0 Å². The molecule has 2 aromatic carbocycles. The molecule has 2 aromatic rings. The Morgan fingerprint density at radius 1 is 0.926 bits per heavy atom. The maximum Gasteiger partial charge on any atom is 0.323 e. The molecule has 2 N–H and O–H groups in total. The number of nitrogens with one attached hydrogen (secondary N) is 1. The van der Waals surface area contributed by atoms with E-state index >= 15 is 0 Å². The molecular formula is C21H21NO5. The Hall–Kier alpha value is -2.83. The third kappa shape index (κ3) is 4.67. The van der Waals surface area contributed by atoms with Crippen LogP contribution in [0.2, 0.25) is 0 Å². The smallest absolute Gasteiger partial charge is 0.323 e. The van der Waals surface area contributed by atoms with Crippen LogP contribution in [0.5, 0.6) is 0 Å². The first kappa shape index (κ1) is 18.9. The average molecular weight is 367 g/mol. The minimum atomic E-state index is -0.516. The molecule has 27 heavy (non-hydrogen) atoms. The van der Waals surface area contributed by atoms with E-state index in [0.29, 0.717) is 11.1 Å². The number of hydrogen-bond donors (Lipinski definition) is 2.